The number of para-hydroxylation sites is 1. The minimum absolute atomic E-state index is 0.00138. The first-order chi connectivity index (χ1) is 25.8. The molecule has 2 aliphatic heterocycles. The quantitative estimate of drug-likeness (QED) is 0.182. The molecular weight excluding hydrogens is 667 g/mol. The summed E-state index contributed by atoms with van der Waals surface area (Å²) in [5.41, 5.74) is 13.2. The molecule has 3 atom stereocenters. The van der Waals surface area contributed by atoms with Gasteiger partial charge in [0.1, 0.15) is 17.0 Å². The predicted octanol–water partition coefficient (Wildman–Crippen LogP) is 6.00. The Hall–Kier alpha value is -4.87. The number of piperidine rings is 2. The Morgan fingerprint density at radius 3 is 2.40 bits per heavy atom. The second-order valence-corrected chi connectivity index (χ2v) is 15.7. The average Bonchev–Trinajstić information content (AvgIpc) is 3.56. The van der Waals surface area contributed by atoms with Gasteiger partial charge >= 0.3 is 0 Å². The van der Waals surface area contributed by atoms with Crippen LogP contribution in [-0.4, -0.2) is 88.2 Å². The number of rotatable bonds is 10. The van der Waals surface area contributed by atoms with Gasteiger partial charge in [-0.15, -0.1) is 0 Å². The van der Waals surface area contributed by atoms with E-state index < -0.39 is 0 Å². The smallest absolute Gasteiger partial charge is 0.254 e. The summed E-state index contributed by atoms with van der Waals surface area (Å²) in [6, 6.07) is 20.4. The fraction of sp³-hybridized carbons (Fsp3) is 0.452. The summed E-state index contributed by atoms with van der Waals surface area (Å²) in [4.78, 5) is 36.2. The molecule has 53 heavy (non-hydrogen) atoms. The van der Waals surface area contributed by atoms with Crippen LogP contribution in [0.15, 0.2) is 60.7 Å². The van der Waals surface area contributed by atoms with E-state index in [4.69, 9.17) is 20.2 Å². The monoisotopic (exact) mass is 715 g/mol. The fourth-order valence-electron chi connectivity index (χ4n) is 9.36. The number of nitrogens with two attached hydrogens (primary N) is 1. The standard InChI is InChI=1S/C42H49N7O4/c1-46-40-33(19-29(21-36(40)53-3)42(51)49-23-28-9-14-34(49)38(28)43)45-41(46)35-20-27-5-4-6-32(39(27)48(35)22-25-7-8-25)26-15-17-47(18-16-26)24-37(50)44-30-10-12-31(52-2)13-11-30/h4-6,10-13,19-21,25-26,28,34,38H,7-9,14-18,22-24,43H2,1-3H3,(H,44,50)/t28-,34-,38-/m1/s1. The van der Waals surface area contributed by atoms with Gasteiger partial charge in [-0.25, -0.2) is 4.98 Å². The number of fused-ring (bicyclic) bond motifs is 4. The zero-order valence-electron chi connectivity index (χ0n) is 30.9. The van der Waals surface area contributed by atoms with E-state index in [1.165, 1.54) is 29.3 Å². The number of hydrogen-bond donors (Lipinski definition) is 2. The first-order valence-electron chi connectivity index (χ1n) is 19.2. The number of ether oxygens (including phenoxy) is 2. The first-order valence-corrected chi connectivity index (χ1v) is 19.2. The largest absolute Gasteiger partial charge is 0.497 e. The van der Waals surface area contributed by atoms with Crippen LogP contribution >= 0.6 is 0 Å². The minimum Gasteiger partial charge on any atom is -0.497 e. The molecule has 2 amide bonds. The Morgan fingerprint density at radius 2 is 1.72 bits per heavy atom. The molecule has 9 rings (SSSR count). The Morgan fingerprint density at radius 1 is 0.925 bits per heavy atom. The molecule has 2 bridgehead atoms. The van der Waals surface area contributed by atoms with E-state index in [0.717, 1.165) is 85.9 Å². The highest BCUT2D eigenvalue weighted by atomic mass is 16.5. The molecule has 2 saturated heterocycles. The van der Waals surface area contributed by atoms with Gasteiger partial charge in [0, 0.05) is 48.9 Å². The summed E-state index contributed by atoms with van der Waals surface area (Å²) in [7, 11) is 5.35. The molecule has 2 aliphatic carbocycles. The van der Waals surface area contributed by atoms with E-state index in [9.17, 15) is 9.59 Å². The molecule has 4 aliphatic rings. The van der Waals surface area contributed by atoms with Gasteiger partial charge in [0.05, 0.1) is 37.5 Å². The van der Waals surface area contributed by atoms with Crippen molar-refractivity contribution in [1.29, 1.82) is 0 Å². The van der Waals surface area contributed by atoms with Crippen LogP contribution < -0.4 is 20.5 Å². The van der Waals surface area contributed by atoms with Crippen molar-refractivity contribution in [2.45, 2.75) is 63.1 Å². The van der Waals surface area contributed by atoms with Gasteiger partial charge in [0.25, 0.3) is 5.91 Å². The topological polar surface area (TPSA) is 120 Å². The number of anilines is 1. The van der Waals surface area contributed by atoms with Crippen molar-refractivity contribution in [3.8, 4) is 23.0 Å². The third-order valence-corrected chi connectivity index (χ3v) is 12.4. The maximum atomic E-state index is 13.9. The Balaban J connectivity index is 0.994. The Kier molecular flexibility index (Phi) is 8.66. The van der Waals surface area contributed by atoms with Gasteiger partial charge in [-0.3, -0.25) is 14.5 Å². The van der Waals surface area contributed by atoms with Crippen molar-refractivity contribution in [1.82, 2.24) is 23.9 Å². The van der Waals surface area contributed by atoms with Crippen LogP contribution in [-0.2, 0) is 18.4 Å². The minimum atomic E-state index is 0.00138. The second kappa shape index (κ2) is 13.5. The maximum absolute atomic E-state index is 13.9. The van der Waals surface area contributed by atoms with Gasteiger partial charge in [-0.1, -0.05) is 18.2 Å². The van der Waals surface area contributed by atoms with E-state index >= 15 is 0 Å². The molecular formula is C42H49N7O4. The van der Waals surface area contributed by atoms with Crippen molar-refractivity contribution in [2.75, 3.05) is 45.7 Å². The van der Waals surface area contributed by atoms with E-state index in [0.29, 0.717) is 35.6 Å². The van der Waals surface area contributed by atoms with Crippen LogP contribution in [0.2, 0.25) is 0 Å². The molecule has 11 heteroatoms. The third-order valence-electron chi connectivity index (χ3n) is 12.4. The number of aryl methyl sites for hydroxylation is 1. The number of aromatic nitrogens is 3. The molecule has 2 aromatic heterocycles. The number of likely N-dealkylation sites (tertiary alicyclic amines) is 2. The van der Waals surface area contributed by atoms with Gasteiger partial charge in [-0.05, 0) is 117 Å². The zero-order valence-corrected chi connectivity index (χ0v) is 30.9. The van der Waals surface area contributed by atoms with Crippen molar-refractivity contribution < 1.29 is 19.1 Å². The van der Waals surface area contributed by atoms with E-state index in [-0.39, 0.29) is 23.9 Å². The number of nitrogens with zero attached hydrogens (tertiary/aromatic N) is 5. The van der Waals surface area contributed by atoms with Crippen LogP contribution in [0.5, 0.6) is 11.5 Å². The highest BCUT2D eigenvalue weighted by Crippen LogP contribution is 2.42. The molecule has 3 aromatic carbocycles. The summed E-state index contributed by atoms with van der Waals surface area (Å²) in [6.07, 6.45) is 6.53. The number of carbonyl (C=O) groups excluding carboxylic acids is 2. The molecule has 4 heterocycles. The van der Waals surface area contributed by atoms with E-state index in [2.05, 4.69) is 43.6 Å². The molecule has 0 spiro atoms. The molecule has 11 nitrogen and oxygen atoms in total. The summed E-state index contributed by atoms with van der Waals surface area (Å²) in [5.74, 6) is 3.72. The molecule has 276 valence electrons. The average molecular weight is 716 g/mol. The van der Waals surface area contributed by atoms with E-state index in [1.807, 2.05) is 48.3 Å². The lowest BCUT2D eigenvalue weighted by Gasteiger charge is -2.32. The Labute approximate surface area is 310 Å². The van der Waals surface area contributed by atoms with Crippen LogP contribution in [0.4, 0.5) is 5.69 Å². The normalized spacial score (nSPS) is 21.9. The molecule has 0 unspecified atom stereocenters. The number of hydrogen-bond acceptors (Lipinski definition) is 7. The summed E-state index contributed by atoms with van der Waals surface area (Å²) in [5, 5.41) is 4.25. The molecule has 3 N–H and O–H groups in total. The Bertz CT molecular complexity index is 2190. The summed E-state index contributed by atoms with van der Waals surface area (Å²) in [6.45, 7) is 3.78. The molecule has 2 saturated carbocycles. The van der Waals surface area contributed by atoms with Gasteiger partial charge in [0.15, 0.2) is 5.82 Å². The van der Waals surface area contributed by atoms with Crippen molar-refractivity contribution in [2.24, 2.45) is 24.6 Å². The van der Waals surface area contributed by atoms with Gasteiger partial charge in [0.2, 0.25) is 5.91 Å². The van der Waals surface area contributed by atoms with Gasteiger partial charge < -0.3 is 34.6 Å². The number of nitrogens with one attached hydrogen (secondary N) is 1. The highest BCUT2D eigenvalue weighted by Gasteiger charge is 2.47. The number of imidazole rings is 1. The van der Waals surface area contributed by atoms with Crippen LogP contribution in [0.25, 0.3) is 33.5 Å². The lowest BCUT2D eigenvalue weighted by Crippen LogP contribution is -2.41. The second-order valence-electron chi connectivity index (χ2n) is 15.7. The SMILES string of the molecule is COc1ccc(NC(=O)CN2CCC(c3cccc4cc(-c5nc6cc(C(=O)N7C[C@H]8CC[C@@H]7[C@@H]8N)cc(OC)c6n5C)n(CC5CC5)c34)CC2)cc1. The first kappa shape index (κ1) is 33.9. The van der Waals surface area contributed by atoms with Crippen LogP contribution in [0.1, 0.15) is 60.4 Å². The molecule has 0 radical (unpaired) electrons. The lowest BCUT2D eigenvalue weighted by atomic mass is 9.88. The van der Waals surface area contributed by atoms with Crippen LogP contribution in [0.3, 0.4) is 0 Å². The third kappa shape index (κ3) is 6.13. The zero-order chi connectivity index (χ0) is 36.4. The summed E-state index contributed by atoms with van der Waals surface area (Å²) < 4.78 is 15.8. The highest BCUT2D eigenvalue weighted by molar-refractivity contribution is 6.01. The van der Waals surface area contributed by atoms with E-state index in [1.54, 1.807) is 14.2 Å². The summed E-state index contributed by atoms with van der Waals surface area (Å²) >= 11 is 0. The number of methoxy groups -OCH3 is 2. The van der Waals surface area contributed by atoms with Gasteiger partial charge in [-0.2, -0.15) is 0 Å². The molecule has 4 fully saturated rings. The number of carbonyl (C=O) groups is 2. The van der Waals surface area contributed by atoms with Crippen molar-refractivity contribution >= 4 is 39.4 Å². The van der Waals surface area contributed by atoms with Crippen molar-refractivity contribution in [3.05, 3.63) is 71.8 Å². The van der Waals surface area contributed by atoms with Crippen LogP contribution in [0, 0.1) is 11.8 Å². The fourth-order valence-corrected chi connectivity index (χ4v) is 9.36. The predicted molar refractivity (Wildman–Crippen MR) is 206 cm³/mol. The van der Waals surface area contributed by atoms with Crippen molar-refractivity contribution in [3.63, 3.8) is 0 Å². The number of benzene rings is 3. The lowest BCUT2D eigenvalue weighted by molar-refractivity contribution is -0.117. The molecule has 5 aromatic rings. The maximum Gasteiger partial charge on any atom is 0.254 e. The number of amides is 2.